The molecular weight excluding hydrogens is 396 g/mol. The van der Waals surface area contributed by atoms with Crippen LogP contribution in [0.5, 0.6) is 0 Å². The molecule has 0 atom stereocenters. The number of carbonyl (C=O) groups excluding carboxylic acids is 1. The van der Waals surface area contributed by atoms with Crippen molar-refractivity contribution in [3.63, 3.8) is 0 Å². The highest BCUT2D eigenvalue weighted by molar-refractivity contribution is 7.74. The van der Waals surface area contributed by atoms with E-state index in [1.165, 1.54) is 23.0 Å². The molecule has 3 aromatic rings. The van der Waals surface area contributed by atoms with Crippen molar-refractivity contribution in [2.24, 2.45) is 0 Å². The molecule has 0 radical (unpaired) electrons. The largest absolute Gasteiger partial charge is 0.465 e. The van der Waals surface area contributed by atoms with Crippen LogP contribution in [0.3, 0.4) is 0 Å². The lowest BCUT2D eigenvalue weighted by molar-refractivity contribution is 0.0595. The van der Waals surface area contributed by atoms with Gasteiger partial charge in [0.25, 0.3) is 0 Å². The summed E-state index contributed by atoms with van der Waals surface area (Å²) in [5.74, 6) is -3.55. The van der Waals surface area contributed by atoms with Crippen LogP contribution >= 0.6 is 0 Å². The van der Waals surface area contributed by atoms with Crippen LogP contribution in [0, 0.1) is 18.6 Å². The molecule has 9 nitrogen and oxygen atoms in total. The van der Waals surface area contributed by atoms with Gasteiger partial charge in [-0.2, -0.15) is 0 Å². The number of esters is 1. The van der Waals surface area contributed by atoms with Crippen LogP contribution in [0.15, 0.2) is 36.7 Å². The van der Waals surface area contributed by atoms with Crippen molar-refractivity contribution in [2.75, 3.05) is 11.4 Å². The van der Waals surface area contributed by atoms with E-state index in [4.69, 9.17) is 0 Å². The molecule has 0 aliphatic carbocycles. The molecule has 0 aliphatic rings. The third-order valence-corrected chi connectivity index (χ3v) is 4.40. The van der Waals surface area contributed by atoms with Crippen LogP contribution in [0.4, 0.5) is 20.3 Å². The smallest absolute Gasteiger partial charge is 0.340 e. The van der Waals surface area contributed by atoms with Crippen molar-refractivity contribution in [1.29, 1.82) is 0 Å². The summed E-state index contributed by atoms with van der Waals surface area (Å²) in [5, 5.41) is 7.68. The van der Waals surface area contributed by atoms with Crippen molar-refractivity contribution in [2.45, 2.75) is 6.92 Å². The molecule has 12 heteroatoms. The number of methoxy groups -OCH3 is 1. The lowest BCUT2D eigenvalue weighted by Gasteiger charge is -2.18. The Kier molecular flexibility index (Phi) is 5.31. The number of aromatic nitrogens is 4. The van der Waals surface area contributed by atoms with E-state index in [-0.39, 0.29) is 5.82 Å². The van der Waals surface area contributed by atoms with Gasteiger partial charge in [0.1, 0.15) is 17.5 Å². The number of anilines is 2. The zero-order valence-corrected chi connectivity index (χ0v) is 15.4. The topological polar surface area (TPSA) is 107 Å². The van der Waals surface area contributed by atoms with Crippen LogP contribution < -0.4 is 4.31 Å². The van der Waals surface area contributed by atoms with E-state index < -0.39 is 39.7 Å². The zero-order valence-electron chi connectivity index (χ0n) is 14.5. The van der Waals surface area contributed by atoms with Crippen molar-refractivity contribution < 1.29 is 26.7 Å². The van der Waals surface area contributed by atoms with E-state index in [0.29, 0.717) is 27.8 Å². The number of rotatable bonds is 5. The molecule has 2 heterocycles. The molecule has 28 heavy (non-hydrogen) atoms. The highest BCUT2D eigenvalue weighted by atomic mass is 32.2. The first-order valence-corrected chi connectivity index (χ1v) is 8.82. The summed E-state index contributed by atoms with van der Waals surface area (Å²) in [6.07, 6.45) is 2.93. The highest BCUT2D eigenvalue weighted by Crippen LogP contribution is 2.29. The molecular formula is C16H13F2N5O4S. The summed E-state index contributed by atoms with van der Waals surface area (Å²) in [7, 11) is -2.41. The Bertz CT molecular complexity index is 1110. The third kappa shape index (κ3) is 3.67. The van der Waals surface area contributed by atoms with E-state index in [9.17, 15) is 22.0 Å². The number of aryl methyl sites for hydroxylation is 1. The number of thiol groups is 1. The zero-order chi connectivity index (χ0) is 20.4. The monoisotopic (exact) mass is 409 g/mol. The van der Waals surface area contributed by atoms with Gasteiger partial charge in [0, 0.05) is 6.07 Å². The second kappa shape index (κ2) is 7.68. The second-order valence-electron chi connectivity index (χ2n) is 5.50. The van der Waals surface area contributed by atoms with Gasteiger partial charge < -0.3 is 4.74 Å². The Morgan fingerprint density at radius 2 is 1.96 bits per heavy atom. The van der Waals surface area contributed by atoms with Gasteiger partial charge in [-0.1, -0.05) is 5.21 Å². The number of nitrogens with zero attached hydrogens (tertiary/aromatic N) is 5. The van der Waals surface area contributed by atoms with Crippen LogP contribution in [-0.2, 0) is 15.6 Å². The summed E-state index contributed by atoms with van der Waals surface area (Å²) in [5.41, 5.74) is -0.137. The molecule has 2 aromatic heterocycles. The van der Waals surface area contributed by atoms with E-state index in [1.807, 2.05) is 0 Å². The highest BCUT2D eigenvalue weighted by Gasteiger charge is 2.23. The number of benzene rings is 1. The quantitative estimate of drug-likeness (QED) is 0.505. The van der Waals surface area contributed by atoms with Gasteiger partial charge in [0.2, 0.25) is 10.9 Å². The molecule has 0 aliphatic heterocycles. The SMILES string of the molecule is COC(=O)c1cc(F)c(N(c2ccc(-n3cc(C)nn3)cn2)[SH](=O)=O)cc1F. The number of hydrogen-bond acceptors (Lipinski definition) is 7. The maximum Gasteiger partial charge on any atom is 0.340 e. The molecule has 0 bridgehead atoms. The molecule has 0 saturated carbocycles. The van der Waals surface area contributed by atoms with E-state index >= 15 is 0 Å². The predicted molar refractivity (Wildman–Crippen MR) is 94.0 cm³/mol. The summed E-state index contributed by atoms with van der Waals surface area (Å²) < 4.78 is 58.3. The summed E-state index contributed by atoms with van der Waals surface area (Å²) >= 11 is 0. The van der Waals surface area contributed by atoms with Gasteiger partial charge >= 0.3 is 5.97 Å². The third-order valence-electron chi connectivity index (χ3n) is 3.66. The van der Waals surface area contributed by atoms with Gasteiger partial charge in [-0.25, -0.2) is 36.0 Å². The minimum atomic E-state index is -3.42. The van der Waals surface area contributed by atoms with E-state index in [0.717, 1.165) is 7.11 Å². The first-order chi connectivity index (χ1) is 13.3. The van der Waals surface area contributed by atoms with Crippen molar-refractivity contribution in [1.82, 2.24) is 20.0 Å². The molecule has 0 N–H and O–H groups in total. The molecule has 0 spiro atoms. The standard InChI is InChI=1S/C16H13F2N5O4S/c1-9-8-22(21-20-9)10-3-4-15(19-7-10)23(28(25)26)14-6-12(17)11(5-13(14)18)16(24)27-2/h3-8,28H,1-2H3. The van der Waals surface area contributed by atoms with Gasteiger partial charge in [-0.15, -0.1) is 5.10 Å². The summed E-state index contributed by atoms with van der Waals surface area (Å²) in [4.78, 5) is 15.4. The average molecular weight is 409 g/mol. The van der Waals surface area contributed by atoms with Gasteiger partial charge in [-0.3, -0.25) is 0 Å². The Labute approximate surface area is 159 Å². The van der Waals surface area contributed by atoms with Crippen molar-refractivity contribution >= 4 is 28.4 Å². The number of carbonyl (C=O) groups is 1. The van der Waals surface area contributed by atoms with Crippen LogP contribution in [-0.4, -0.2) is 41.5 Å². The minimum absolute atomic E-state index is 0.180. The lowest BCUT2D eigenvalue weighted by Crippen LogP contribution is -2.18. The fourth-order valence-corrected chi connectivity index (χ4v) is 2.99. The average Bonchev–Trinajstić information content (AvgIpc) is 3.10. The molecule has 1 aromatic carbocycles. The number of ether oxygens (including phenoxy) is 1. The lowest BCUT2D eigenvalue weighted by atomic mass is 10.2. The van der Waals surface area contributed by atoms with Gasteiger partial charge in [0.15, 0.2) is 0 Å². The van der Waals surface area contributed by atoms with Crippen LogP contribution in [0.1, 0.15) is 16.1 Å². The molecule has 0 fully saturated rings. The van der Waals surface area contributed by atoms with Crippen molar-refractivity contribution in [3.8, 4) is 5.69 Å². The molecule has 0 saturated heterocycles. The molecule has 3 rings (SSSR count). The molecule has 0 amide bonds. The van der Waals surface area contributed by atoms with Gasteiger partial charge in [0.05, 0.1) is 42.1 Å². The van der Waals surface area contributed by atoms with Crippen LogP contribution in [0.2, 0.25) is 0 Å². The first kappa shape index (κ1) is 19.4. The van der Waals surface area contributed by atoms with Gasteiger partial charge in [-0.05, 0) is 25.1 Å². The number of hydrogen-bond donors (Lipinski definition) is 1. The summed E-state index contributed by atoms with van der Waals surface area (Å²) in [6, 6.07) is 3.93. The Balaban J connectivity index is 2.03. The molecule has 0 unspecified atom stereocenters. The first-order valence-electron chi connectivity index (χ1n) is 7.69. The maximum atomic E-state index is 14.4. The molecule has 146 valence electrons. The van der Waals surface area contributed by atoms with E-state index in [1.54, 1.807) is 13.1 Å². The van der Waals surface area contributed by atoms with Crippen LogP contribution in [0.25, 0.3) is 5.69 Å². The Hall–Kier alpha value is -3.41. The normalized spacial score (nSPS) is 10.9. The van der Waals surface area contributed by atoms with E-state index in [2.05, 4.69) is 20.0 Å². The number of pyridine rings is 1. The predicted octanol–water partition coefficient (Wildman–Crippen LogP) is 1.70. The minimum Gasteiger partial charge on any atom is -0.465 e. The fourth-order valence-electron chi connectivity index (χ4n) is 2.37. The Morgan fingerprint density at radius 1 is 1.21 bits per heavy atom. The fraction of sp³-hybridized carbons (Fsp3) is 0.125. The maximum absolute atomic E-state index is 14.4. The second-order valence-corrected chi connectivity index (χ2v) is 6.38. The summed E-state index contributed by atoms with van der Waals surface area (Å²) in [6.45, 7) is 1.74. The number of halogens is 2. The Morgan fingerprint density at radius 3 is 2.50 bits per heavy atom. The van der Waals surface area contributed by atoms with Crippen molar-refractivity contribution in [3.05, 3.63) is 59.6 Å².